The third-order valence-electron chi connectivity index (χ3n) is 4.34. The lowest BCUT2D eigenvalue weighted by atomic mass is 9.97. The summed E-state index contributed by atoms with van der Waals surface area (Å²) in [5, 5.41) is 4.55. The predicted octanol–water partition coefficient (Wildman–Crippen LogP) is 3.01. The van der Waals surface area contributed by atoms with Crippen LogP contribution in [0.15, 0.2) is 51.1 Å². The van der Waals surface area contributed by atoms with Crippen molar-refractivity contribution in [3.05, 3.63) is 73.9 Å². The topological polar surface area (TPSA) is 76.5 Å². The number of H-pyrrole nitrogens is 1. The standard InChI is InChI=1S/C20H21N3O3/c1-12(2)16-10-14(13(3)9-18(16)26-4)11-21-23-19(24)15-7-5-6-8-17(15)22-20(23)25/h5-12H,1-4H3,(H,22,25). The van der Waals surface area contributed by atoms with E-state index in [4.69, 9.17) is 4.74 Å². The summed E-state index contributed by atoms with van der Waals surface area (Å²) >= 11 is 0. The number of hydrogen-bond donors (Lipinski definition) is 1. The molecule has 134 valence electrons. The minimum Gasteiger partial charge on any atom is -0.496 e. The van der Waals surface area contributed by atoms with Gasteiger partial charge in [0.15, 0.2) is 0 Å². The van der Waals surface area contributed by atoms with Gasteiger partial charge in [0.05, 0.1) is 24.2 Å². The SMILES string of the molecule is COc1cc(C)c(C=Nn2c(=O)[nH]c3ccccc3c2=O)cc1C(C)C. The number of benzene rings is 2. The van der Waals surface area contributed by atoms with Crippen molar-refractivity contribution in [1.82, 2.24) is 9.66 Å². The van der Waals surface area contributed by atoms with Gasteiger partial charge in [0.25, 0.3) is 5.56 Å². The monoisotopic (exact) mass is 351 g/mol. The fraction of sp³-hybridized carbons (Fsp3) is 0.250. The van der Waals surface area contributed by atoms with E-state index in [-0.39, 0.29) is 5.92 Å². The summed E-state index contributed by atoms with van der Waals surface area (Å²) in [5.41, 5.74) is 2.29. The van der Waals surface area contributed by atoms with Crippen LogP contribution in [0.2, 0.25) is 0 Å². The van der Waals surface area contributed by atoms with Crippen molar-refractivity contribution in [3.63, 3.8) is 0 Å². The molecule has 26 heavy (non-hydrogen) atoms. The molecule has 0 radical (unpaired) electrons. The molecule has 0 fully saturated rings. The minimum absolute atomic E-state index is 0.268. The quantitative estimate of drug-likeness (QED) is 0.734. The molecule has 0 aliphatic rings. The highest BCUT2D eigenvalue weighted by molar-refractivity contribution is 5.83. The Bertz CT molecular complexity index is 1110. The summed E-state index contributed by atoms with van der Waals surface area (Å²) in [4.78, 5) is 27.4. The number of nitrogens with zero attached hydrogens (tertiary/aromatic N) is 2. The molecule has 1 heterocycles. The largest absolute Gasteiger partial charge is 0.496 e. The van der Waals surface area contributed by atoms with Crippen LogP contribution >= 0.6 is 0 Å². The van der Waals surface area contributed by atoms with Gasteiger partial charge in [-0.05, 0) is 53.8 Å². The smallest absolute Gasteiger partial charge is 0.349 e. The molecule has 0 atom stereocenters. The molecule has 1 aromatic heterocycles. The molecule has 0 unspecified atom stereocenters. The highest BCUT2D eigenvalue weighted by atomic mass is 16.5. The summed E-state index contributed by atoms with van der Waals surface area (Å²) < 4.78 is 6.29. The van der Waals surface area contributed by atoms with E-state index < -0.39 is 11.2 Å². The van der Waals surface area contributed by atoms with E-state index in [2.05, 4.69) is 23.9 Å². The van der Waals surface area contributed by atoms with E-state index >= 15 is 0 Å². The molecule has 0 amide bonds. The Hall–Kier alpha value is -3.15. The Labute approximate surface area is 150 Å². The fourth-order valence-corrected chi connectivity index (χ4v) is 2.86. The van der Waals surface area contributed by atoms with Gasteiger partial charge in [-0.25, -0.2) is 4.79 Å². The van der Waals surface area contributed by atoms with Crippen molar-refractivity contribution < 1.29 is 4.74 Å². The summed E-state index contributed by atoms with van der Waals surface area (Å²) in [5.74, 6) is 1.08. The number of fused-ring (bicyclic) bond motifs is 1. The molecule has 0 saturated heterocycles. The van der Waals surface area contributed by atoms with Gasteiger partial charge in [0, 0.05) is 0 Å². The minimum atomic E-state index is -0.569. The van der Waals surface area contributed by atoms with Crippen molar-refractivity contribution in [2.45, 2.75) is 26.7 Å². The van der Waals surface area contributed by atoms with Gasteiger partial charge < -0.3 is 9.72 Å². The lowest BCUT2D eigenvalue weighted by molar-refractivity contribution is 0.407. The van der Waals surface area contributed by atoms with Gasteiger partial charge >= 0.3 is 5.69 Å². The molecule has 3 aromatic rings. The zero-order valence-corrected chi connectivity index (χ0v) is 15.2. The molecule has 1 N–H and O–H groups in total. The number of hydrogen-bond acceptors (Lipinski definition) is 4. The summed E-state index contributed by atoms with van der Waals surface area (Å²) in [6, 6.07) is 10.8. The normalized spacial score (nSPS) is 11.6. The molecular weight excluding hydrogens is 330 g/mol. The molecule has 6 nitrogen and oxygen atoms in total. The van der Waals surface area contributed by atoms with E-state index in [0.717, 1.165) is 27.1 Å². The van der Waals surface area contributed by atoms with E-state index in [1.54, 1.807) is 31.4 Å². The van der Waals surface area contributed by atoms with Crippen LogP contribution < -0.4 is 16.0 Å². The Balaban J connectivity index is 2.11. The van der Waals surface area contributed by atoms with Gasteiger partial charge in [-0.15, -0.1) is 4.68 Å². The fourth-order valence-electron chi connectivity index (χ4n) is 2.86. The van der Waals surface area contributed by atoms with Crippen molar-refractivity contribution in [3.8, 4) is 5.75 Å². The van der Waals surface area contributed by atoms with E-state index in [9.17, 15) is 9.59 Å². The number of aromatic nitrogens is 2. The number of aryl methyl sites for hydroxylation is 1. The van der Waals surface area contributed by atoms with E-state index in [1.807, 2.05) is 19.1 Å². The van der Waals surface area contributed by atoms with Crippen molar-refractivity contribution in [2.75, 3.05) is 7.11 Å². The second kappa shape index (κ2) is 7.00. The van der Waals surface area contributed by atoms with Crippen LogP contribution in [-0.4, -0.2) is 23.0 Å². The van der Waals surface area contributed by atoms with Gasteiger partial charge in [-0.2, -0.15) is 5.10 Å². The highest BCUT2D eigenvalue weighted by Gasteiger charge is 2.11. The number of rotatable bonds is 4. The van der Waals surface area contributed by atoms with Gasteiger partial charge in [0.2, 0.25) is 0 Å². The van der Waals surface area contributed by atoms with Crippen LogP contribution in [0.5, 0.6) is 5.75 Å². The van der Waals surface area contributed by atoms with Crippen molar-refractivity contribution in [2.24, 2.45) is 5.10 Å². The Morgan fingerprint density at radius 1 is 1.19 bits per heavy atom. The van der Waals surface area contributed by atoms with Crippen LogP contribution in [0, 0.1) is 6.92 Å². The first-order chi connectivity index (χ1) is 12.4. The molecule has 0 aliphatic carbocycles. The zero-order valence-electron chi connectivity index (χ0n) is 15.2. The average molecular weight is 351 g/mol. The van der Waals surface area contributed by atoms with Gasteiger partial charge in [-0.1, -0.05) is 26.0 Å². The average Bonchev–Trinajstić information content (AvgIpc) is 2.62. The van der Waals surface area contributed by atoms with E-state index in [1.165, 1.54) is 6.21 Å². The molecule has 0 saturated carbocycles. The van der Waals surface area contributed by atoms with Crippen LogP contribution in [0.4, 0.5) is 0 Å². The maximum Gasteiger partial charge on any atom is 0.349 e. The Kier molecular flexibility index (Phi) is 4.75. The summed E-state index contributed by atoms with van der Waals surface area (Å²) in [7, 11) is 1.64. The lowest BCUT2D eigenvalue weighted by Gasteiger charge is -2.14. The second-order valence-electron chi connectivity index (χ2n) is 6.44. The molecule has 0 aliphatic heterocycles. The van der Waals surface area contributed by atoms with Crippen LogP contribution in [0.25, 0.3) is 10.9 Å². The van der Waals surface area contributed by atoms with Crippen molar-refractivity contribution >= 4 is 17.1 Å². The molecule has 6 heteroatoms. The van der Waals surface area contributed by atoms with Crippen LogP contribution in [0.3, 0.4) is 0 Å². The van der Waals surface area contributed by atoms with Crippen molar-refractivity contribution in [1.29, 1.82) is 0 Å². The number of para-hydroxylation sites is 1. The Morgan fingerprint density at radius 2 is 1.92 bits per heavy atom. The predicted molar refractivity (Wildman–Crippen MR) is 104 cm³/mol. The number of aromatic amines is 1. The zero-order chi connectivity index (χ0) is 18.8. The number of ether oxygens (including phenoxy) is 1. The van der Waals surface area contributed by atoms with Gasteiger partial charge in [-0.3, -0.25) is 4.79 Å². The maximum atomic E-state index is 12.5. The highest BCUT2D eigenvalue weighted by Crippen LogP contribution is 2.29. The third kappa shape index (κ3) is 3.18. The Morgan fingerprint density at radius 3 is 2.62 bits per heavy atom. The first-order valence-electron chi connectivity index (χ1n) is 8.39. The summed E-state index contributed by atoms with van der Waals surface area (Å²) in [6.07, 6.45) is 1.53. The number of nitrogens with one attached hydrogen (secondary N) is 1. The first kappa shape index (κ1) is 17.7. The number of methoxy groups -OCH3 is 1. The van der Waals surface area contributed by atoms with Gasteiger partial charge in [0.1, 0.15) is 5.75 Å². The molecule has 0 bridgehead atoms. The molecule has 0 spiro atoms. The summed E-state index contributed by atoms with van der Waals surface area (Å²) in [6.45, 7) is 6.08. The lowest BCUT2D eigenvalue weighted by Crippen LogP contribution is -2.32. The molecular formula is C20H21N3O3. The maximum absolute atomic E-state index is 12.5. The van der Waals surface area contributed by atoms with Crippen LogP contribution in [-0.2, 0) is 0 Å². The molecule has 3 rings (SSSR count). The molecule has 2 aromatic carbocycles. The van der Waals surface area contributed by atoms with E-state index in [0.29, 0.717) is 10.9 Å². The first-order valence-corrected chi connectivity index (χ1v) is 8.39. The second-order valence-corrected chi connectivity index (χ2v) is 6.44. The van der Waals surface area contributed by atoms with Crippen LogP contribution in [0.1, 0.15) is 36.5 Å². The third-order valence-corrected chi connectivity index (χ3v) is 4.34.